The van der Waals surface area contributed by atoms with Gasteiger partial charge >= 0.3 is 0 Å². The quantitative estimate of drug-likeness (QED) is 0.146. The largest absolute Gasteiger partial charge is 0.506 e. The first kappa shape index (κ1) is 23.5. The van der Waals surface area contributed by atoms with E-state index in [4.69, 9.17) is 4.74 Å². The van der Waals surface area contributed by atoms with Crippen LogP contribution in [0.25, 0.3) is 0 Å². The number of nitrogens with zero attached hydrogens (tertiary/aromatic N) is 4. The lowest BCUT2D eigenvalue weighted by Gasteiger charge is -2.10. The summed E-state index contributed by atoms with van der Waals surface area (Å²) < 4.78 is 6.54. The zero-order valence-electron chi connectivity index (χ0n) is 17.8. The predicted octanol–water partition coefficient (Wildman–Crippen LogP) is 6.04. The molecule has 0 fully saturated rings. The fourth-order valence-electron chi connectivity index (χ4n) is 2.84. The molecule has 4 rings (SSSR count). The monoisotopic (exact) mass is 583 g/mol. The summed E-state index contributed by atoms with van der Waals surface area (Å²) in [4.78, 5) is 13.2. The van der Waals surface area contributed by atoms with Crippen LogP contribution in [0.4, 0.5) is 29.2 Å². The van der Waals surface area contributed by atoms with Gasteiger partial charge in [0.15, 0.2) is 0 Å². The Hall–Kier alpha value is -3.70. The highest BCUT2D eigenvalue weighted by atomic mass is 79.9. The summed E-state index contributed by atoms with van der Waals surface area (Å²) in [5, 5.41) is 20.7. The molecule has 1 heterocycles. The fraction of sp³-hybridized carbons (Fsp3) is 0.0435. The zero-order chi connectivity index (χ0) is 23.9. The number of phenols is 1. The molecule has 0 aliphatic carbocycles. The van der Waals surface area contributed by atoms with Gasteiger partial charge in [-0.1, -0.05) is 34.1 Å². The minimum absolute atomic E-state index is 0.0673. The van der Waals surface area contributed by atoms with Crippen LogP contribution >= 0.6 is 31.9 Å². The Morgan fingerprint density at radius 3 is 2.12 bits per heavy atom. The molecule has 3 aromatic carbocycles. The number of aromatic nitrogens is 3. The molecule has 0 saturated heterocycles. The third kappa shape index (κ3) is 6.21. The Bertz CT molecular complexity index is 1300. The Morgan fingerprint density at radius 2 is 1.47 bits per heavy atom. The smallest absolute Gasteiger partial charge is 0.250 e. The lowest BCUT2D eigenvalue weighted by molar-refractivity contribution is 0.415. The second-order valence-corrected chi connectivity index (χ2v) is 8.62. The first-order chi connectivity index (χ1) is 16.5. The van der Waals surface area contributed by atoms with Crippen molar-refractivity contribution in [3.63, 3.8) is 0 Å². The number of hydrazone groups is 1. The first-order valence-electron chi connectivity index (χ1n) is 9.96. The number of hydrogen-bond acceptors (Lipinski definition) is 9. The van der Waals surface area contributed by atoms with Crippen LogP contribution < -0.4 is 20.8 Å². The molecule has 0 saturated carbocycles. The van der Waals surface area contributed by atoms with Gasteiger partial charge in [0.25, 0.3) is 0 Å². The van der Waals surface area contributed by atoms with Gasteiger partial charge in [-0.15, -0.1) is 0 Å². The molecule has 1 aromatic heterocycles. The van der Waals surface area contributed by atoms with E-state index in [-0.39, 0.29) is 11.7 Å². The first-order valence-corrected chi connectivity index (χ1v) is 11.5. The van der Waals surface area contributed by atoms with E-state index < -0.39 is 0 Å². The van der Waals surface area contributed by atoms with Crippen molar-refractivity contribution in [1.82, 2.24) is 15.0 Å². The molecule has 0 aliphatic rings. The number of phenolic OH excluding ortho intramolecular Hbond substituents is 1. The summed E-state index contributed by atoms with van der Waals surface area (Å²) in [5.41, 5.74) is 4.89. The molecule has 0 bridgehead atoms. The number of rotatable bonds is 8. The van der Waals surface area contributed by atoms with E-state index in [0.29, 0.717) is 21.9 Å². The number of halogens is 2. The van der Waals surface area contributed by atoms with Gasteiger partial charge in [-0.2, -0.15) is 20.1 Å². The number of methoxy groups -OCH3 is 1. The van der Waals surface area contributed by atoms with Crippen LogP contribution in [-0.2, 0) is 0 Å². The van der Waals surface area contributed by atoms with E-state index in [1.807, 2.05) is 54.6 Å². The SMILES string of the molecule is COc1ccc(Nc2nc(N/N=C/c3cc(Br)cc(Br)c3O)nc(Nc3ccccc3)n2)cc1. The van der Waals surface area contributed by atoms with Crippen molar-refractivity contribution in [3.05, 3.63) is 81.2 Å². The second kappa shape index (κ2) is 10.9. The molecular formula is C23H19Br2N7O2. The van der Waals surface area contributed by atoms with Crippen molar-refractivity contribution < 1.29 is 9.84 Å². The molecule has 0 spiro atoms. The number of hydrogen-bond donors (Lipinski definition) is 4. The zero-order valence-corrected chi connectivity index (χ0v) is 21.0. The molecule has 9 nitrogen and oxygen atoms in total. The van der Waals surface area contributed by atoms with Crippen molar-refractivity contribution in [2.45, 2.75) is 0 Å². The molecule has 34 heavy (non-hydrogen) atoms. The third-order valence-electron chi connectivity index (χ3n) is 4.44. The van der Waals surface area contributed by atoms with Crippen LogP contribution in [0.1, 0.15) is 5.56 Å². The van der Waals surface area contributed by atoms with Gasteiger partial charge in [-0.25, -0.2) is 5.43 Å². The molecule has 0 aliphatic heterocycles. The number of nitrogens with one attached hydrogen (secondary N) is 3. The summed E-state index contributed by atoms with van der Waals surface area (Å²) in [6.45, 7) is 0. The minimum Gasteiger partial charge on any atom is -0.506 e. The van der Waals surface area contributed by atoms with Gasteiger partial charge in [0.05, 0.1) is 17.8 Å². The van der Waals surface area contributed by atoms with Crippen LogP contribution in [0.2, 0.25) is 0 Å². The number of ether oxygens (including phenoxy) is 1. The lowest BCUT2D eigenvalue weighted by atomic mass is 10.2. The number of benzene rings is 3. The molecule has 0 radical (unpaired) electrons. The Labute approximate surface area is 212 Å². The maximum atomic E-state index is 10.2. The molecular weight excluding hydrogens is 566 g/mol. The number of para-hydroxylation sites is 1. The van der Waals surface area contributed by atoms with Crippen LogP contribution in [0.5, 0.6) is 11.5 Å². The van der Waals surface area contributed by atoms with Gasteiger partial charge in [0.1, 0.15) is 11.5 Å². The van der Waals surface area contributed by atoms with Gasteiger partial charge in [0.2, 0.25) is 17.8 Å². The summed E-state index contributed by atoms with van der Waals surface area (Å²) in [6, 6.07) is 20.4. The maximum Gasteiger partial charge on any atom is 0.250 e. The second-order valence-electron chi connectivity index (χ2n) is 6.85. The normalized spacial score (nSPS) is 10.8. The van der Waals surface area contributed by atoms with Crippen LogP contribution in [0.15, 0.2) is 80.8 Å². The van der Waals surface area contributed by atoms with Gasteiger partial charge in [0, 0.05) is 21.4 Å². The molecule has 0 unspecified atom stereocenters. The Balaban J connectivity index is 1.59. The highest BCUT2D eigenvalue weighted by molar-refractivity contribution is 9.11. The van der Waals surface area contributed by atoms with Crippen molar-refractivity contribution in [2.75, 3.05) is 23.2 Å². The molecule has 4 N–H and O–H groups in total. The summed E-state index contributed by atoms with van der Waals surface area (Å²) in [6.07, 6.45) is 1.47. The van der Waals surface area contributed by atoms with Crippen LogP contribution in [-0.4, -0.2) is 33.4 Å². The van der Waals surface area contributed by atoms with E-state index in [0.717, 1.165) is 21.6 Å². The Morgan fingerprint density at radius 1 is 0.853 bits per heavy atom. The standard InChI is InChI=1S/C23H19Br2N7O2/c1-34-18-9-7-17(8-10-18)28-22-29-21(27-16-5-3-2-4-6-16)30-23(31-22)32-26-13-14-11-15(24)12-19(25)20(14)33/h2-13,33H,1H3,(H3,27,28,29,30,31,32)/b26-13+. The van der Waals surface area contributed by atoms with Crippen molar-refractivity contribution in [3.8, 4) is 11.5 Å². The van der Waals surface area contributed by atoms with E-state index in [1.165, 1.54) is 6.21 Å². The van der Waals surface area contributed by atoms with Gasteiger partial charge in [-0.3, -0.25) is 0 Å². The third-order valence-corrected chi connectivity index (χ3v) is 5.50. The molecule has 172 valence electrons. The van der Waals surface area contributed by atoms with Crippen molar-refractivity contribution >= 4 is 67.3 Å². The van der Waals surface area contributed by atoms with E-state index in [2.05, 4.69) is 68.0 Å². The van der Waals surface area contributed by atoms with Crippen molar-refractivity contribution in [1.29, 1.82) is 0 Å². The molecule has 0 amide bonds. The molecule has 4 aromatic rings. The van der Waals surface area contributed by atoms with Crippen LogP contribution in [0, 0.1) is 0 Å². The summed E-state index contributed by atoms with van der Waals surface area (Å²) in [5.74, 6) is 1.64. The highest BCUT2D eigenvalue weighted by Gasteiger charge is 2.09. The molecule has 11 heteroatoms. The summed E-state index contributed by atoms with van der Waals surface area (Å²) in [7, 11) is 1.61. The number of anilines is 5. The van der Waals surface area contributed by atoms with E-state index in [9.17, 15) is 5.11 Å². The van der Waals surface area contributed by atoms with Gasteiger partial charge in [-0.05, 0) is 64.5 Å². The van der Waals surface area contributed by atoms with Gasteiger partial charge < -0.3 is 20.5 Å². The highest BCUT2D eigenvalue weighted by Crippen LogP contribution is 2.30. The average molecular weight is 585 g/mol. The van der Waals surface area contributed by atoms with E-state index >= 15 is 0 Å². The topological polar surface area (TPSA) is 117 Å². The lowest BCUT2D eigenvalue weighted by Crippen LogP contribution is -2.07. The maximum absolute atomic E-state index is 10.2. The van der Waals surface area contributed by atoms with E-state index in [1.54, 1.807) is 19.2 Å². The minimum atomic E-state index is 0.0673. The van der Waals surface area contributed by atoms with Crippen molar-refractivity contribution in [2.24, 2.45) is 5.10 Å². The summed E-state index contributed by atoms with van der Waals surface area (Å²) >= 11 is 6.70. The predicted molar refractivity (Wildman–Crippen MR) is 141 cm³/mol. The van der Waals surface area contributed by atoms with Crippen LogP contribution in [0.3, 0.4) is 0 Å². The fourth-order valence-corrected chi connectivity index (χ4v) is 4.09. The molecule has 0 atom stereocenters. The Kier molecular flexibility index (Phi) is 7.55. The number of aromatic hydroxyl groups is 1. The average Bonchev–Trinajstić information content (AvgIpc) is 2.83.